The van der Waals surface area contributed by atoms with Gasteiger partial charge in [-0.25, -0.2) is 0 Å². The number of nitrogens with two attached hydrogens (primary N) is 1. The van der Waals surface area contributed by atoms with Gasteiger partial charge in [0.05, 0.1) is 11.7 Å². The van der Waals surface area contributed by atoms with Crippen LogP contribution in [0.1, 0.15) is 5.56 Å². The monoisotopic (exact) mass is 160 g/mol. The van der Waals surface area contributed by atoms with E-state index in [1.165, 1.54) is 0 Å². The van der Waals surface area contributed by atoms with Gasteiger partial charge in [0.2, 0.25) is 0 Å². The third-order valence-corrected chi connectivity index (χ3v) is 1.77. The second-order valence-corrected chi connectivity index (χ2v) is 2.55. The highest BCUT2D eigenvalue weighted by Gasteiger charge is 2.03. The Kier molecular flexibility index (Phi) is 1.33. The van der Waals surface area contributed by atoms with Gasteiger partial charge in [-0.3, -0.25) is 10.5 Å². The lowest BCUT2D eigenvalue weighted by Gasteiger charge is -1.97. The fraction of sp³-hybridized carbons (Fsp3) is 0. The minimum absolute atomic E-state index is 0.0600. The smallest absolute Gasteiger partial charge is 0.124 e. The van der Waals surface area contributed by atoms with Gasteiger partial charge in [0.15, 0.2) is 0 Å². The molecule has 1 heterocycles. The molecule has 4 N–H and O–H groups in total. The number of hydrogen-bond donors (Lipinski definition) is 3. The number of benzene rings is 1. The van der Waals surface area contributed by atoms with E-state index in [9.17, 15) is 0 Å². The van der Waals surface area contributed by atoms with Gasteiger partial charge < -0.3 is 5.73 Å². The predicted molar refractivity (Wildman–Crippen MR) is 47.1 cm³/mol. The summed E-state index contributed by atoms with van der Waals surface area (Å²) < 4.78 is 0. The van der Waals surface area contributed by atoms with Crippen LogP contribution >= 0.6 is 0 Å². The van der Waals surface area contributed by atoms with Crippen LogP contribution in [0.5, 0.6) is 0 Å². The summed E-state index contributed by atoms with van der Waals surface area (Å²) in [7, 11) is 0. The van der Waals surface area contributed by atoms with Crippen LogP contribution in [0.25, 0.3) is 10.9 Å². The van der Waals surface area contributed by atoms with Crippen molar-refractivity contribution < 1.29 is 0 Å². The van der Waals surface area contributed by atoms with Gasteiger partial charge in [-0.15, -0.1) is 0 Å². The fourth-order valence-corrected chi connectivity index (χ4v) is 1.19. The van der Waals surface area contributed by atoms with Crippen molar-refractivity contribution in [2.75, 3.05) is 0 Å². The van der Waals surface area contributed by atoms with Crippen molar-refractivity contribution in [1.82, 2.24) is 10.2 Å². The highest BCUT2D eigenvalue weighted by Crippen LogP contribution is 2.14. The van der Waals surface area contributed by atoms with Crippen LogP contribution in [0.4, 0.5) is 0 Å². The van der Waals surface area contributed by atoms with Gasteiger partial charge in [-0.1, -0.05) is 12.1 Å². The number of nitrogen functional groups attached to an aromatic ring is 1. The molecule has 0 aliphatic rings. The predicted octanol–water partition coefficient (Wildman–Crippen LogP) is 0.847. The summed E-state index contributed by atoms with van der Waals surface area (Å²) in [6.45, 7) is 0. The summed E-state index contributed by atoms with van der Waals surface area (Å²) in [6.07, 6.45) is 1.71. The SMILES string of the molecule is N=C(N)c1cccc2cn[nH]c12. The third kappa shape index (κ3) is 0.852. The molecule has 0 aliphatic carbocycles. The number of fused-ring (bicyclic) bond motifs is 1. The van der Waals surface area contributed by atoms with E-state index in [1.54, 1.807) is 12.3 Å². The number of aromatic amines is 1. The van der Waals surface area contributed by atoms with E-state index in [0.717, 1.165) is 10.9 Å². The molecule has 0 saturated heterocycles. The first-order valence-electron chi connectivity index (χ1n) is 3.55. The molecule has 60 valence electrons. The highest BCUT2D eigenvalue weighted by atomic mass is 15.1. The van der Waals surface area contributed by atoms with Crippen LogP contribution in [0.15, 0.2) is 24.4 Å². The number of aromatic nitrogens is 2. The average molecular weight is 160 g/mol. The average Bonchev–Trinajstić information content (AvgIpc) is 2.49. The lowest BCUT2D eigenvalue weighted by atomic mass is 10.1. The summed E-state index contributed by atoms with van der Waals surface area (Å²) in [5.41, 5.74) is 6.90. The van der Waals surface area contributed by atoms with E-state index in [1.807, 2.05) is 12.1 Å². The number of para-hydroxylation sites is 1. The third-order valence-electron chi connectivity index (χ3n) is 1.77. The van der Waals surface area contributed by atoms with Crippen LogP contribution in [0.3, 0.4) is 0 Å². The molecule has 2 rings (SSSR count). The molecule has 0 unspecified atom stereocenters. The minimum atomic E-state index is 0.0600. The van der Waals surface area contributed by atoms with Gasteiger partial charge >= 0.3 is 0 Å². The standard InChI is InChI=1S/C8H8N4/c9-8(10)6-3-1-2-5-4-11-12-7(5)6/h1-4H,(H3,9,10)(H,11,12). The summed E-state index contributed by atoms with van der Waals surface area (Å²) in [4.78, 5) is 0. The van der Waals surface area contributed by atoms with Gasteiger partial charge in [-0.05, 0) is 6.07 Å². The molecule has 0 bridgehead atoms. The van der Waals surface area contributed by atoms with Crippen molar-refractivity contribution in [2.24, 2.45) is 5.73 Å². The Labute approximate surface area is 68.9 Å². The van der Waals surface area contributed by atoms with E-state index in [4.69, 9.17) is 11.1 Å². The molecule has 12 heavy (non-hydrogen) atoms. The molecule has 2 aromatic rings. The maximum atomic E-state index is 7.29. The molecule has 0 spiro atoms. The van der Waals surface area contributed by atoms with E-state index in [2.05, 4.69) is 10.2 Å². The Morgan fingerprint density at radius 2 is 2.33 bits per heavy atom. The fourth-order valence-electron chi connectivity index (χ4n) is 1.19. The van der Waals surface area contributed by atoms with Crippen molar-refractivity contribution in [3.05, 3.63) is 30.0 Å². The maximum Gasteiger partial charge on any atom is 0.124 e. The van der Waals surface area contributed by atoms with Crippen LogP contribution in [-0.2, 0) is 0 Å². The lowest BCUT2D eigenvalue weighted by Crippen LogP contribution is -2.11. The summed E-state index contributed by atoms with van der Waals surface area (Å²) in [5, 5.41) is 14.9. The molecule has 0 atom stereocenters. The van der Waals surface area contributed by atoms with Crippen molar-refractivity contribution >= 4 is 16.7 Å². The molecular formula is C8H8N4. The Bertz CT molecular complexity index is 429. The highest BCUT2D eigenvalue weighted by molar-refractivity contribution is 6.05. The maximum absolute atomic E-state index is 7.29. The molecule has 0 aliphatic heterocycles. The number of H-pyrrole nitrogens is 1. The summed E-state index contributed by atoms with van der Waals surface area (Å²) in [5.74, 6) is 0.0600. The number of amidine groups is 1. The van der Waals surface area contributed by atoms with Crippen LogP contribution in [0, 0.1) is 5.41 Å². The molecule has 4 nitrogen and oxygen atoms in total. The zero-order chi connectivity index (χ0) is 8.55. The Balaban J connectivity index is 2.82. The molecule has 0 saturated carbocycles. The first-order chi connectivity index (χ1) is 5.79. The molecule has 0 amide bonds. The first kappa shape index (κ1) is 6.84. The topological polar surface area (TPSA) is 78.6 Å². The van der Waals surface area contributed by atoms with Crippen molar-refractivity contribution in [3.63, 3.8) is 0 Å². The Morgan fingerprint density at radius 1 is 1.50 bits per heavy atom. The molecule has 0 radical (unpaired) electrons. The zero-order valence-electron chi connectivity index (χ0n) is 6.33. The van der Waals surface area contributed by atoms with E-state index in [0.29, 0.717) is 5.56 Å². The quantitative estimate of drug-likeness (QED) is 0.427. The molecule has 0 fully saturated rings. The minimum Gasteiger partial charge on any atom is -0.384 e. The van der Waals surface area contributed by atoms with Crippen molar-refractivity contribution in [3.8, 4) is 0 Å². The first-order valence-corrected chi connectivity index (χ1v) is 3.55. The van der Waals surface area contributed by atoms with Gasteiger partial charge in [0.25, 0.3) is 0 Å². The second-order valence-electron chi connectivity index (χ2n) is 2.55. The zero-order valence-corrected chi connectivity index (χ0v) is 6.33. The lowest BCUT2D eigenvalue weighted by molar-refractivity contribution is 1.12. The Morgan fingerprint density at radius 3 is 3.08 bits per heavy atom. The molecule has 1 aromatic carbocycles. The van der Waals surface area contributed by atoms with Crippen LogP contribution in [0.2, 0.25) is 0 Å². The number of nitrogens with one attached hydrogen (secondary N) is 2. The van der Waals surface area contributed by atoms with Crippen molar-refractivity contribution in [1.29, 1.82) is 5.41 Å². The summed E-state index contributed by atoms with van der Waals surface area (Å²) >= 11 is 0. The van der Waals surface area contributed by atoms with Crippen LogP contribution < -0.4 is 5.73 Å². The van der Waals surface area contributed by atoms with Gasteiger partial charge in [-0.2, -0.15) is 5.10 Å². The largest absolute Gasteiger partial charge is 0.384 e. The Hall–Kier alpha value is -1.84. The number of hydrogen-bond acceptors (Lipinski definition) is 2. The van der Waals surface area contributed by atoms with E-state index < -0.39 is 0 Å². The number of rotatable bonds is 1. The second kappa shape index (κ2) is 2.34. The normalized spacial score (nSPS) is 10.3. The molecular weight excluding hydrogens is 152 g/mol. The summed E-state index contributed by atoms with van der Waals surface area (Å²) in [6, 6.07) is 5.57. The van der Waals surface area contributed by atoms with Crippen molar-refractivity contribution in [2.45, 2.75) is 0 Å². The molecule has 4 heteroatoms. The van der Waals surface area contributed by atoms with Gasteiger partial charge in [0, 0.05) is 10.9 Å². The van der Waals surface area contributed by atoms with Gasteiger partial charge in [0.1, 0.15) is 5.84 Å². The van der Waals surface area contributed by atoms with E-state index in [-0.39, 0.29) is 5.84 Å². The van der Waals surface area contributed by atoms with Crippen LogP contribution in [-0.4, -0.2) is 16.0 Å². The molecule has 1 aromatic heterocycles. The van der Waals surface area contributed by atoms with E-state index >= 15 is 0 Å². The number of nitrogens with zero attached hydrogens (tertiary/aromatic N) is 1.